The number of nitrogens with one attached hydrogen (secondary N) is 2. The van der Waals surface area contributed by atoms with Crippen LogP contribution < -0.4 is 10.6 Å². The number of benzene rings is 2. The average Bonchev–Trinajstić information content (AvgIpc) is 2.53. The molecule has 0 bridgehead atoms. The van der Waals surface area contributed by atoms with Crippen molar-refractivity contribution >= 4 is 45.1 Å². The van der Waals surface area contributed by atoms with Crippen LogP contribution in [0.4, 0.5) is 21.0 Å². The van der Waals surface area contributed by atoms with Crippen LogP contribution in [0.25, 0.3) is 0 Å². The largest absolute Gasteiger partial charge is 0.465 e. The molecule has 0 spiro atoms. The second-order valence-electron chi connectivity index (χ2n) is 4.78. The van der Waals surface area contributed by atoms with Crippen LogP contribution in [0.5, 0.6) is 0 Å². The Morgan fingerprint density at radius 2 is 1.04 bits per heavy atom. The lowest BCUT2D eigenvalue weighted by Crippen LogP contribution is -2.06. The predicted octanol–water partition coefficient (Wildman–Crippen LogP) is 4.95. The van der Waals surface area contributed by atoms with Crippen molar-refractivity contribution < 1.29 is 19.8 Å². The molecule has 126 valence electrons. The fourth-order valence-corrected chi connectivity index (χ4v) is 3.98. The van der Waals surface area contributed by atoms with Crippen LogP contribution in [0.3, 0.4) is 0 Å². The molecule has 8 heteroatoms. The molecule has 0 saturated carbocycles. The van der Waals surface area contributed by atoms with E-state index in [-0.39, 0.29) is 0 Å². The van der Waals surface area contributed by atoms with Crippen molar-refractivity contribution in [1.82, 2.24) is 0 Å². The summed E-state index contributed by atoms with van der Waals surface area (Å²) in [7, 11) is 3.41. The Morgan fingerprint density at radius 3 is 1.33 bits per heavy atom. The van der Waals surface area contributed by atoms with Gasteiger partial charge in [0, 0.05) is 22.9 Å². The number of carboxylic acid groups (broad SMARTS) is 2. The van der Waals surface area contributed by atoms with Crippen LogP contribution in [0.1, 0.15) is 11.1 Å². The maximum atomic E-state index is 10.5. The van der Waals surface area contributed by atoms with Gasteiger partial charge in [0.2, 0.25) is 0 Å². The summed E-state index contributed by atoms with van der Waals surface area (Å²) >= 11 is 0. The lowest BCUT2D eigenvalue weighted by molar-refractivity contribution is 0.208. The molecule has 0 fully saturated rings. The van der Waals surface area contributed by atoms with Crippen LogP contribution in [-0.4, -0.2) is 22.4 Å². The Labute approximate surface area is 147 Å². The number of rotatable bonds is 7. The minimum atomic E-state index is -1.07. The van der Waals surface area contributed by atoms with Crippen LogP contribution >= 0.6 is 21.6 Å². The lowest BCUT2D eigenvalue weighted by Gasteiger charge is -2.05. The summed E-state index contributed by atoms with van der Waals surface area (Å²) in [5, 5.41) is 21.9. The predicted molar refractivity (Wildman–Crippen MR) is 98.8 cm³/mol. The van der Waals surface area contributed by atoms with Crippen molar-refractivity contribution in [1.29, 1.82) is 0 Å². The van der Waals surface area contributed by atoms with Gasteiger partial charge in [-0.25, -0.2) is 9.59 Å². The zero-order chi connectivity index (χ0) is 17.4. The second-order valence-corrected chi connectivity index (χ2v) is 7.24. The van der Waals surface area contributed by atoms with Crippen LogP contribution in [0.15, 0.2) is 48.5 Å². The van der Waals surface area contributed by atoms with E-state index in [1.165, 1.54) is 0 Å². The van der Waals surface area contributed by atoms with Gasteiger partial charge in [0.25, 0.3) is 0 Å². The molecule has 2 rings (SSSR count). The zero-order valence-electron chi connectivity index (χ0n) is 12.6. The van der Waals surface area contributed by atoms with Gasteiger partial charge in [0.1, 0.15) is 0 Å². The Morgan fingerprint density at radius 1 is 0.708 bits per heavy atom. The lowest BCUT2D eigenvalue weighted by atomic mass is 10.2. The van der Waals surface area contributed by atoms with E-state index in [0.29, 0.717) is 11.4 Å². The van der Waals surface area contributed by atoms with E-state index in [9.17, 15) is 9.59 Å². The van der Waals surface area contributed by atoms with Crippen LogP contribution in [-0.2, 0) is 11.5 Å². The summed E-state index contributed by atoms with van der Waals surface area (Å²) in [6.07, 6.45) is -2.14. The summed E-state index contributed by atoms with van der Waals surface area (Å²) in [5.41, 5.74) is 3.34. The molecule has 0 heterocycles. The number of hydrogen-bond acceptors (Lipinski definition) is 4. The third-order valence-electron chi connectivity index (χ3n) is 2.94. The fraction of sp³-hybridized carbons (Fsp3) is 0.125. The number of anilines is 2. The van der Waals surface area contributed by atoms with Gasteiger partial charge in [0.15, 0.2) is 0 Å². The van der Waals surface area contributed by atoms with Crippen molar-refractivity contribution in [2.75, 3.05) is 10.6 Å². The van der Waals surface area contributed by atoms with Crippen molar-refractivity contribution in [3.8, 4) is 0 Å². The Balaban J connectivity index is 1.72. The SMILES string of the molecule is O=C(O)Nc1ccc(CSSCc2ccc(NC(=O)O)cc2)cc1. The molecule has 4 N–H and O–H groups in total. The van der Waals surface area contributed by atoms with Crippen LogP contribution in [0.2, 0.25) is 0 Å². The fourth-order valence-electron chi connectivity index (χ4n) is 1.83. The normalized spacial score (nSPS) is 10.2. The van der Waals surface area contributed by atoms with E-state index < -0.39 is 12.2 Å². The number of hydrogen-bond donors (Lipinski definition) is 4. The quantitative estimate of drug-likeness (QED) is 0.410. The Hall–Kier alpha value is -2.32. The molecule has 0 aliphatic rings. The van der Waals surface area contributed by atoms with Gasteiger partial charge in [-0.2, -0.15) is 0 Å². The van der Waals surface area contributed by atoms with Gasteiger partial charge >= 0.3 is 12.2 Å². The molecule has 2 amide bonds. The summed E-state index contributed by atoms with van der Waals surface area (Å²) < 4.78 is 0. The Bertz CT molecular complexity index is 629. The van der Waals surface area contributed by atoms with Crippen molar-refractivity contribution in [3.63, 3.8) is 0 Å². The van der Waals surface area contributed by atoms with Gasteiger partial charge in [-0.15, -0.1) is 0 Å². The Kier molecular flexibility index (Phi) is 6.83. The molecule has 0 atom stereocenters. The van der Waals surface area contributed by atoms with E-state index in [2.05, 4.69) is 10.6 Å². The standard InChI is InChI=1S/C16H16N2O4S2/c19-15(20)17-13-5-1-11(2-6-13)9-23-24-10-12-3-7-14(8-4-12)18-16(21)22/h1-8,17-18H,9-10H2,(H,19,20)(H,21,22). The molecule has 0 aliphatic heterocycles. The highest BCUT2D eigenvalue weighted by Crippen LogP contribution is 2.30. The maximum Gasteiger partial charge on any atom is 0.409 e. The molecule has 0 aliphatic carbocycles. The molecule has 24 heavy (non-hydrogen) atoms. The topological polar surface area (TPSA) is 98.7 Å². The second kappa shape index (κ2) is 9.09. The summed E-state index contributed by atoms with van der Waals surface area (Å²) in [6.45, 7) is 0. The first-order chi connectivity index (χ1) is 11.5. The summed E-state index contributed by atoms with van der Waals surface area (Å²) in [5.74, 6) is 1.63. The maximum absolute atomic E-state index is 10.5. The molecule has 0 unspecified atom stereocenters. The minimum Gasteiger partial charge on any atom is -0.465 e. The van der Waals surface area contributed by atoms with E-state index >= 15 is 0 Å². The summed E-state index contributed by atoms with van der Waals surface area (Å²) in [6, 6.07) is 14.5. The first-order valence-electron chi connectivity index (χ1n) is 6.95. The van der Waals surface area contributed by atoms with Crippen molar-refractivity contribution in [2.45, 2.75) is 11.5 Å². The molecule has 6 nitrogen and oxygen atoms in total. The van der Waals surface area contributed by atoms with E-state index in [0.717, 1.165) is 22.6 Å². The van der Waals surface area contributed by atoms with E-state index in [1.807, 2.05) is 24.3 Å². The molecular weight excluding hydrogens is 348 g/mol. The third kappa shape index (κ3) is 6.43. The molecule has 0 aromatic heterocycles. The number of amides is 2. The van der Waals surface area contributed by atoms with E-state index in [4.69, 9.17) is 10.2 Å². The smallest absolute Gasteiger partial charge is 0.409 e. The molecule has 0 saturated heterocycles. The van der Waals surface area contributed by atoms with Crippen molar-refractivity contribution in [2.24, 2.45) is 0 Å². The molecule has 2 aromatic carbocycles. The molecule has 2 aromatic rings. The highest BCUT2D eigenvalue weighted by atomic mass is 33.1. The van der Waals surface area contributed by atoms with Crippen LogP contribution in [0, 0.1) is 0 Å². The highest BCUT2D eigenvalue weighted by Gasteiger charge is 2.01. The summed E-state index contributed by atoms with van der Waals surface area (Å²) in [4.78, 5) is 21.0. The van der Waals surface area contributed by atoms with Gasteiger partial charge in [-0.05, 0) is 35.4 Å². The molecule has 0 radical (unpaired) electrons. The first kappa shape index (κ1) is 18.0. The monoisotopic (exact) mass is 364 g/mol. The zero-order valence-corrected chi connectivity index (χ0v) is 14.2. The van der Waals surface area contributed by atoms with Gasteiger partial charge < -0.3 is 10.2 Å². The first-order valence-corrected chi connectivity index (χ1v) is 9.44. The van der Waals surface area contributed by atoms with Crippen molar-refractivity contribution in [3.05, 3.63) is 59.7 Å². The third-order valence-corrected chi connectivity index (χ3v) is 5.22. The van der Waals surface area contributed by atoms with Gasteiger partial charge in [-0.3, -0.25) is 10.6 Å². The average molecular weight is 364 g/mol. The molecular formula is C16H16N2O4S2. The van der Waals surface area contributed by atoms with Gasteiger partial charge in [-0.1, -0.05) is 45.9 Å². The van der Waals surface area contributed by atoms with E-state index in [1.54, 1.807) is 45.9 Å². The highest BCUT2D eigenvalue weighted by molar-refractivity contribution is 8.76. The van der Waals surface area contributed by atoms with Gasteiger partial charge in [0.05, 0.1) is 0 Å². The number of carbonyl (C=O) groups is 2. The minimum absolute atomic E-state index is 0.555.